The van der Waals surface area contributed by atoms with Crippen molar-refractivity contribution in [2.24, 2.45) is 5.92 Å². The van der Waals surface area contributed by atoms with Crippen LogP contribution in [0.3, 0.4) is 0 Å². The van der Waals surface area contributed by atoms with Crippen molar-refractivity contribution in [3.63, 3.8) is 0 Å². The van der Waals surface area contributed by atoms with Crippen LogP contribution in [0.5, 0.6) is 0 Å². The molecule has 1 aliphatic heterocycles. The second kappa shape index (κ2) is 8.70. The molecule has 0 bridgehead atoms. The minimum absolute atomic E-state index is 0.0211. The van der Waals surface area contributed by atoms with Crippen LogP contribution in [0.4, 0.5) is 5.69 Å². The number of hydrogen-bond acceptors (Lipinski definition) is 3. The summed E-state index contributed by atoms with van der Waals surface area (Å²) >= 11 is 0. The zero-order valence-electron chi connectivity index (χ0n) is 17.0. The molecule has 27 heavy (non-hydrogen) atoms. The van der Waals surface area contributed by atoms with Gasteiger partial charge in [0.05, 0.1) is 11.7 Å². The molecule has 1 aromatic carbocycles. The number of benzene rings is 1. The molecule has 146 valence electrons. The third-order valence-corrected chi connectivity index (χ3v) is 5.46. The maximum absolute atomic E-state index is 12.4. The molecule has 1 aliphatic rings. The first-order valence-electron chi connectivity index (χ1n) is 10.0. The Morgan fingerprint density at radius 1 is 1.22 bits per heavy atom. The zero-order chi connectivity index (χ0) is 19.4. The Morgan fingerprint density at radius 3 is 2.48 bits per heavy atom. The van der Waals surface area contributed by atoms with Crippen LogP contribution in [0.2, 0.25) is 0 Å². The van der Waals surface area contributed by atoms with Crippen LogP contribution in [0, 0.1) is 19.8 Å². The Balaban J connectivity index is 1.50. The molecule has 0 saturated carbocycles. The Morgan fingerprint density at radius 2 is 1.89 bits per heavy atom. The second-order valence-corrected chi connectivity index (χ2v) is 8.13. The minimum Gasteiger partial charge on any atom is -0.326 e. The molecule has 2 heterocycles. The molecule has 1 N–H and O–H groups in total. The van der Waals surface area contributed by atoms with Crippen LogP contribution in [-0.4, -0.2) is 33.7 Å². The van der Waals surface area contributed by atoms with E-state index in [4.69, 9.17) is 0 Å². The lowest BCUT2D eigenvalue weighted by atomic mass is 9.99. The molecule has 1 saturated heterocycles. The molecule has 0 radical (unpaired) electrons. The van der Waals surface area contributed by atoms with E-state index in [0.717, 1.165) is 29.5 Å². The van der Waals surface area contributed by atoms with E-state index in [-0.39, 0.29) is 11.9 Å². The van der Waals surface area contributed by atoms with E-state index in [1.54, 1.807) is 0 Å². The third-order valence-electron chi connectivity index (χ3n) is 5.46. The number of piperidine rings is 1. The van der Waals surface area contributed by atoms with Gasteiger partial charge < -0.3 is 5.32 Å². The standard InChI is InChI=1S/C22H32N4O/c1-16-9-11-25(12-10-16)15-20-5-7-21(8-6-20)23-22(27)14-19(4)26-18(3)13-17(2)24-26/h5-8,13,16,19H,9-12,14-15H2,1-4H3,(H,23,27). The Hall–Kier alpha value is -2.14. The van der Waals surface area contributed by atoms with Gasteiger partial charge in [0.15, 0.2) is 0 Å². The largest absolute Gasteiger partial charge is 0.326 e. The molecule has 3 rings (SSSR count). The summed E-state index contributed by atoms with van der Waals surface area (Å²) in [4.78, 5) is 14.9. The normalized spacial score (nSPS) is 17.0. The van der Waals surface area contributed by atoms with Crippen molar-refractivity contribution < 1.29 is 4.79 Å². The summed E-state index contributed by atoms with van der Waals surface area (Å²) in [6.45, 7) is 11.7. The molecule has 0 spiro atoms. The van der Waals surface area contributed by atoms with Crippen molar-refractivity contribution >= 4 is 11.6 Å². The summed E-state index contributed by atoms with van der Waals surface area (Å²) in [5, 5.41) is 7.49. The SMILES string of the molecule is Cc1cc(C)n(C(C)CC(=O)Nc2ccc(CN3CCC(C)CC3)cc2)n1. The number of hydrogen-bond donors (Lipinski definition) is 1. The van der Waals surface area contributed by atoms with E-state index in [1.807, 2.05) is 43.7 Å². The van der Waals surface area contributed by atoms with Gasteiger partial charge in [-0.3, -0.25) is 14.4 Å². The molecule has 1 unspecified atom stereocenters. The number of rotatable bonds is 6. The highest BCUT2D eigenvalue weighted by Crippen LogP contribution is 2.20. The summed E-state index contributed by atoms with van der Waals surface area (Å²) in [5.41, 5.74) is 4.23. The van der Waals surface area contributed by atoms with Gasteiger partial charge in [-0.2, -0.15) is 5.10 Å². The van der Waals surface area contributed by atoms with Crippen LogP contribution in [-0.2, 0) is 11.3 Å². The molecule has 1 amide bonds. The average Bonchev–Trinajstić information content (AvgIpc) is 2.97. The number of aromatic nitrogens is 2. The lowest BCUT2D eigenvalue weighted by molar-refractivity contribution is -0.116. The Labute approximate surface area is 162 Å². The highest BCUT2D eigenvalue weighted by atomic mass is 16.1. The van der Waals surface area contributed by atoms with Crippen molar-refractivity contribution in [1.82, 2.24) is 14.7 Å². The topological polar surface area (TPSA) is 50.2 Å². The van der Waals surface area contributed by atoms with Crippen LogP contribution in [0.15, 0.2) is 30.3 Å². The van der Waals surface area contributed by atoms with Crippen LogP contribution in [0.25, 0.3) is 0 Å². The highest BCUT2D eigenvalue weighted by molar-refractivity contribution is 5.90. The van der Waals surface area contributed by atoms with E-state index in [2.05, 4.69) is 34.4 Å². The van der Waals surface area contributed by atoms with Crippen molar-refractivity contribution in [3.8, 4) is 0 Å². The summed E-state index contributed by atoms with van der Waals surface area (Å²) in [6, 6.07) is 10.3. The number of carbonyl (C=O) groups excluding carboxylic acids is 1. The van der Waals surface area contributed by atoms with Crippen molar-refractivity contribution in [2.45, 2.75) is 59.5 Å². The number of nitrogens with zero attached hydrogens (tertiary/aromatic N) is 3. The lowest BCUT2D eigenvalue weighted by Gasteiger charge is -2.30. The predicted octanol–water partition coefficient (Wildman–Crippen LogP) is 4.32. The molecule has 2 aromatic rings. The van der Waals surface area contributed by atoms with Gasteiger partial charge in [0, 0.05) is 24.3 Å². The number of carbonyl (C=O) groups is 1. The highest BCUT2D eigenvalue weighted by Gasteiger charge is 2.16. The molecule has 1 atom stereocenters. The van der Waals surface area contributed by atoms with E-state index >= 15 is 0 Å². The fourth-order valence-electron chi connectivity index (χ4n) is 3.83. The summed E-state index contributed by atoms with van der Waals surface area (Å²) in [7, 11) is 0. The smallest absolute Gasteiger partial charge is 0.226 e. The lowest BCUT2D eigenvalue weighted by Crippen LogP contribution is -2.32. The third kappa shape index (κ3) is 5.42. The van der Waals surface area contributed by atoms with Gasteiger partial charge in [-0.05, 0) is 76.4 Å². The first-order valence-corrected chi connectivity index (χ1v) is 10.0. The first kappa shape index (κ1) is 19.6. The van der Waals surface area contributed by atoms with Crippen LogP contribution < -0.4 is 5.32 Å². The van der Waals surface area contributed by atoms with Crippen molar-refractivity contribution in [3.05, 3.63) is 47.3 Å². The maximum Gasteiger partial charge on any atom is 0.226 e. The van der Waals surface area contributed by atoms with Crippen molar-refractivity contribution in [2.75, 3.05) is 18.4 Å². The zero-order valence-corrected chi connectivity index (χ0v) is 17.0. The van der Waals surface area contributed by atoms with Crippen LogP contribution >= 0.6 is 0 Å². The van der Waals surface area contributed by atoms with Gasteiger partial charge >= 0.3 is 0 Å². The molecular weight excluding hydrogens is 336 g/mol. The fraction of sp³-hybridized carbons (Fsp3) is 0.545. The molecule has 0 aliphatic carbocycles. The van der Waals surface area contributed by atoms with Gasteiger partial charge in [0.1, 0.15) is 0 Å². The predicted molar refractivity (Wildman–Crippen MR) is 110 cm³/mol. The van der Waals surface area contributed by atoms with E-state index in [9.17, 15) is 4.79 Å². The molecule has 1 aromatic heterocycles. The van der Waals surface area contributed by atoms with Gasteiger partial charge in [-0.15, -0.1) is 0 Å². The van der Waals surface area contributed by atoms with Gasteiger partial charge in [0.2, 0.25) is 5.91 Å². The monoisotopic (exact) mass is 368 g/mol. The van der Waals surface area contributed by atoms with E-state index < -0.39 is 0 Å². The quantitative estimate of drug-likeness (QED) is 0.826. The number of nitrogens with one attached hydrogen (secondary N) is 1. The number of aryl methyl sites for hydroxylation is 2. The average molecular weight is 369 g/mol. The van der Waals surface area contributed by atoms with Gasteiger partial charge in [-0.25, -0.2) is 0 Å². The maximum atomic E-state index is 12.4. The Bertz CT molecular complexity index is 757. The van der Waals surface area contributed by atoms with Crippen molar-refractivity contribution in [1.29, 1.82) is 0 Å². The van der Waals surface area contributed by atoms with E-state index in [0.29, 0.717) is 6.42 Å². The summed E-state index contributed by atoms with van der Waals surface area (Å²) in [5.74, 6) is 0.878. The minimum atomic E-state index is 0.0211. The van der Waals surface area contributed by atoms with E-state index in [1.165, 1.54) is 31.5 Å². The summed E-state index contributed by atoms with van der Waals surface area (Å²) < 4.78 is 1.93. The molecule has 5 heteroatoms. The number of likely N-dealkylation sites (tertiary alicyclic amines) is 1. The number of anilines is 1. The molecular formula is C22H32N4O. The van der Waals surface area contributed by atoms with Crippen LogP contribution in [0.1, 0.15) is 56.1 Å². The molecule has 5 nitrogen and oxygen atoms in total. The van der Waals surface area contributed by atoms with Gasteiger partial charge in [-0.1, -0.05) is 19.1 Å². The second-order valence-electron chi connectivity index (χ2n) is 8.13. The van der Waals surface area contributed by atoms with Gasteiger partial charge in [0.25, 0.3) is 0 Å². The molecule has 1 fully saturated rings. The summed E-state index contributed by atoms with van der Waals surface area (Å²) in [6.07, 6.45) is 3.00. The fourth-order valence-corrected chi connectivity index (χ4v) is 3.83. The number of amides is 1. The Kier molecular flexibility index (Phi) is 6.32. The first-order chi connectivity index (χ1) is 12.9.